The van der Waals surface area contributed by atoms with Gasteiger partial charge < -0.3 is 10.6 Å². The molecule has 0 saturated carbocycles. The van der Waals surface area contributed by atoms with Crippen LogP contribution in [0.4, 0.5) is 0 Å². The molecule has 110 valence electrons. The summed E-state index contributed by atoms with van der Waals surface area (Å²) in [6.07, 6.45) is 0.859. The molecule has 2 amide bonds. The number of rotatable bonds is 6. The van der Waals surface area contributed by atoms with Crippen LogP contribution in [-0.2, 0) is 4.79 Å². The van der Waals surface area contributed by atoms with Gasteiger partial charge in [0.1, 0.15) is 5.15 Å². The molecular formula is C14H20ClN3O2. The van der Waals surface area contributed by atoms with Crippen molar-refractivity contribution in [3.05, 3.63) is 28.5 Å². The maximum atomic E-state index is 12.0. The van der Waals surface area contributed by atoms with Crippen molar-refractivity contribution in [2.75, 3.05) is 13.1 Å². The van der Waals surface area contributed by atoms with Crippen LogP contribution in [-0.4, -0.2) is 29.9 Å². The molecule has 0 saturated heterocycles. The SMILES string of the molecule is CCCNC(=O)CNC(=O)c1cc(Cl)nc(C(C)C)c1. The van der Waals surface area contributed by atoms with E-state index in [4.69, 9.17) is 11.6 Å². The van der Waals surface area contributed by atoms with E-state index in [1.54, 1.807) is 6.07 Å². The summed E-state index contributed by atoms with van der Waals surface area (Å²) in [5, 5.41) is 5.53. The number of nitrogens with one attached hydrogen (secondary N) is 2. The fourth-order valence-electron chi connectivity index (χ4n) is 1.53. The predicted octanol–water partition coefficient (Wildman–Crippen LogP) is 2.11. The van der Waals surface area contributed by atoms with E-state index in [9.17, 15) is 9.59 Å². The van der Waals surface area contributed by atoms with E-state index in [-0.39, 0.29) is 29.4 Å². The molecule has 1 aromatic rings. The van der Waals surface area contributed by atoms with Crippen LogP contribution in [0.5, 0.6) is 0 Å². The molecule has 0 radical (unpaired) electrons. The quantitative estimate of drug-likeness (QED) is 0.790. The lowest BCUT2D eigenvalue weighted by molar-refractivity contribution is -0.120. The maximum Gasteiger partial charge on any atom is 0.251 e. The van der Waals surface area contributed by atoms with Gasteiger partial charge in [-0.15, -0.1) is 0 Å². The summed E-state index contributed by atoms with van der Waals surface area (Å²) < 4.78 is 0. The topological polar surface area (TPSA) is 71.1 Å². The Morgan fingerprint density at radius 2 is 2.00 bits per heavy atom. The van der Waals surface area contributed by atoms with Gasteiger partial charge in [0.2, 0.25) is 5.91 Å². The third-order valence-electron chi connectivity index (χ3n) is 2.65. The number of aromatic nitrogens is 1. The molecular weight excluding hydrogens is 278 g/mol. The Morgan fingerprint density at radius 1 is 1.30 bits per heavy atom. The molecule has 5 nitrogen and oxygen atoms in total. The number of carbonyl (C=O) groups excluding carboxylic acids is 2. The zero-order valence-corrected chi connectivity index (χ0v) is 12.8. The number of amides is 2. The number of nitrogens with zero attached hydrogens (tertiary/aromatic N) is 1. The predicted molar refractivity (Wildman–Crippen MR) is 79.0 cm³/mol. The Morgan fingerprint density at radius 3 is 2.60 bits per heavy atom. The Kier molecular flexibility index (Phi) is 6.45. The van der Waals surface area contributed by atoms with E-state index in [0.717, 1.165) is 12.1 Å². The largest absolute Gasteiger partial charge is 0.355 e. The van der Waals surface area contributed by atoms with Gasteiger partial charge in [0.05, 0.1) is 6.54 Å². The van der Waals surface area contributed by atoms with E-state index >= 15 is 0 Å². The molecule has 1 heterocycles. The van der Waals surface area contributed by atoms with Gasteiger partial charge in [0, 0.05) is 17.8 Å². The maximum absolute atomic E-state index is 12.0. The van der Waals surface area contributed by atoms with Crippen molar-refractivity contribution < 1.29 is 9.59 Å². The van der Waals surface area contributed by atoms with E-state index in [2.05, 4.69) is 15.6 Å². The summed E-state index contributed by atoms with van der Waals surface area (Å²) >= 11 is 5.90. The number of hydrogen-bond donors (Lipinski definition) is 2. The standard InChI is InChI=1S/C14H20ClN3O2/c1-4-5-16-13(19)8-17-14(20)10-6-11(9(2)3)18-12(15)7-10/h6-7,9H,4-5,8H2,1-3H3,(H,16,19)(H,17,20). The molecule has 0 aliphatic rings. The Balaban J connectivity index is 2.66. The van der Waals surface area contributed by atoms with Crippen LogP contribution >= 0.6 is 11.6 Å². The lowest BCUT2D eigenvalue weighted by Crippen LogP contribution is -2.37. The van der Waals surface area contributed by atoms with E-state index < -0.39 is 0 Å². The second-order valence-electron chi connectivity index (χ2n) is 4.79. The summed E-state index contributed by atoms with van der Waals surface area (Å²) in [6.45, 7) is 6.46. The first kappa shape index (κ1) is 16.4. The minimum absolute atomic E-state index is 0.0458. The molecule has 0 aliphatic heterocycles. The number of halogens is 1. The average Bonchev–Trinajstić information content (AvgIpc) is 2.41. The number of carbonyl (C=O) groups is 2. The molecule has 0 aromatic carbocycles. The lowest BCUT2D eigenvalue weighted by atomic mass is 10.1. The Labute approximate surface area is 124 Å². The number of pyridine rings is 1. The normalized spacial score (nSPS) is 10.4. The monoisotopic (exact) mass is 297 g/mol. The van der Waals surface area contributed by atoms with Crippen LogP contribution in [0.1, 0.15) is 49.2 Å². The third-order valence-corrected chi connectivity index (χ3v) is 2.84. The zero-order valence-electron chi connectivity index (χ0n) is 12.0. The molecule has 20 heavy (non-hydrogen) atoms. The molecule has 1 aromatic heterocycles. The van der Waals surface area contributed by atoms with Gasteiger partial charge >= 0.3 is 0 Å². The minimum atomic E-state index is -0.331. The van der Waals surface area contributed by atoms with Crippen molar-refractivity contribution >= 4 is 23.4 Å². The van der Waals surface area contributed by atoms with Crippen LogP contribution in [0.25, 0.3) is 0 Å². The van der Waals surface area contributed by atoms with E-state index in [1.165, 1.54) is 6.07 Å². The summed E-state index contributed by atoms with van der Waals surface area (Å²) in [6, 6.07) is 3.18. The van der Waals surface area contributed by atoms with Crippen molar-refractivity contribution in [3.8, 4) is 0 Å². The molecule has 0 bridgehead atoms. The first-order chi connectivity index (χ1) is 9.43. The molecule has 0 unspecified atom stereocenters. The molecule has 6 heteroatoms. The van der Waals surface area contributed by atoms with E-state index in [1.807, 2.05) is 20.8 Å². The van der Waals surface area contributed by atoms with Crippen molar-refractivity contribution in [1.29, 1.82) is 0 Å². The summed E-state index contributed by atoms with van der Waals surface area (Å²) in [4.78, 5) is 27.5. The van der Waals surface area contributed by atoms with E-state index in [0.29, 0.717) is 12.1 Å². The van der Waals surface area contributed by atoms with Gasteiger partial charge in [-0.3, -0.25) is 9.59 Å². The second kappa shape index (κ2) is 7.85. The van der Waals surface area contributed by atoms with Crippen molar-refractivity contribution in [2.45, 2.75) is 33.1 Å². The summed E-state index contributed by atoms with van der Waals surface area (Å²) in [5.74, 6) is -0.361. The Hall–Kier alpha value is -1.62. The Bertz CT molecular complexity index is 489. The van der Waals surface area contributed by atoms with Gasteiger partial charge in [-0.1, -0.05) is 32.4 Å². The second-order valence-corrected chi connectivity index (χ2v) is 5.18. The molecule has 0 fully saturated rings. The molecule has 0 spiro atoms. The molecule has 0 atom stereocenters. The average molecular weight is 298 g/mol. The molecule has 0 aliphatic carbocycles. The first-order valence-corrected chi connectivity index (χ1v) is 7.04. The molecule has 2 N–H and O–H groups in total. The zero-order chi connectivity index (χ0) is 15.1. The van der Waals surface area contributed by atoms with Gasteiger partial charge in [-0.2, -0.15) is 0 Å². The van der Waals surface area contributed by atoms with Crippen LogP contribution < -0.4 is 10.6 Å². The van der Waals surface area contributed by atoms with Crippen LogP contribution in [0.15, 0.2) is 12.1 Å². The first-order valence-electron chi connectivity index (χ1n) is 6.66. The lowest BCUT2D eigenvalue weighted by Gasteiger charge is -2.09. The third kappa shape index (κ3) is 5.17. The fourth-order valence-corrected chi connectivity index (χ4v) is 1.75. The van der Waals surface area contributed by atoms with Gasteiger partial charge in [-0.05, 0) is 24.5 Å². The van der Waals surface area contributed by atoms with Gasteiger partial charge in [-0.25, -0.2) is 4.98 Å². The van der Waals surface area contributed by atoms with Crippen molar-refractivity contribution in [3.63, 3.8) is 0 Å². The summed E-state index contributed by atoms with van der Waals surface area (Å²) in [5.41, 5.74) is 1.16. The highest BCUT2D eigenvalue weighted by atomic mass is 35.5. The summed E-state index contributed by atoms with van der Waals surface area (Å²) in [7, 11) is 0. The van der Waals surface area contributed by atoms with Gasteiger partial charge in [0.15, 0.2) is 0 Å². The highest BCUT2D eigenvalue weighted by molar-refractivity contribution is 6.29. The minimum Gasteiger partial charge on any atom is -0.355 e. The van der Waals surface area contributed by atoms with Gasteiger partial charge in [0.25, 0.3) is 5.91 Å². The van der Waals surface area contributed by atoms with Crippen LogP contribution in [0, 0.1) is 0 Å². The van der Waals surface area contributed by atoms with Crippen LogP contribution in [0.2, 0.25) is 5.15 Å². The fraction of sp³-hybridized carbons (Fsp3) is 0.500. The highest BCUT2D eigenvalue weighted by Crippen LogP contribution is 2.17. The highest BCUT2D eigenvalue weighted by Gasteiger charge is 2.12. The molecule has 1 rings (SSSR count). The van der Waals surface area contributed by atoms with Crippen molar-refractivity contribution in [1.82, 2.24) is 15.6 Å². The van der Waals surface area contributed by atoms with Crippen molar-refractivity contribution in [2.24, 2.45) is 0 Å². The number of hydrogen-bond acceptors (Lipinski definition) is 3. The van der Waals surface area contributed by atoms with Crippen LogP contribution in [0.3, 0.4) is 0 Å². The smallest absolute Gasteiger partial charge is 0.251 e.